The molecule has 0 unspecified atom stereocenters. The minimum Gasteiger partial charge on any atom is -0.242 e. The lowest BCUT2D eigenvalue weighted by Gasteiger charge is -2.20. The Kier molecular flexibility index (Phi) is 3.99. The average Bonchev–Trinajstić information content (AvgIpc) is 2.04. The summed E-state index contributed by atoms with van der Waals surface area (Å²) >= 11 is 8.91. The third-order valence-corrected chi connectivity index (χ3v) is 4.12. The van der Waals surface area contributed by atoms with E-state index < -0.39 is 15.6 Å². The molecule has 7 heteroatoms. The summed E-state index contributed by atoms with van der Waals surface area (Å²) in [5, 5.41) is -0.0417. The first-order valence-corrected chi connectivity index (χ1v) is 7.12. The van der Waals surface area contributed by atoms with Crippen LogP contribution in [0.2, 0.25) is 5.15 Å². The Labute approximate surface area is 109 Å². The maximum atomic E-state index is 12.0. The quantitative estimate of drug-likeness (QED) is 0.849. The van der Waals surface area contributed by atoms with Gasteiger partial charge in [0.1, 0.15) is 10.0 Å². The molecule has 16 heavy (non-hydrogen) atoms. The van der Waals surface area contributed by atoms with E-state index in [-0.39, 0.29) is 10.0 Å². The van der Waals surface area contributed by atoms with Crippen LogP contribution in [0.4, 0.5) is 0 Å². The van der Waals surface area contributed by atoms with Crippen molar-refractivity contribution in [1.29, 1.82) is 0 Å². The van der Waals surface area contributed by atoms with Crippen molar-refractivity contribution < 1.29 is 8.42 Å². The van der Waals surface area contributed by atoms with E-state index in [0.717, 1.165) is 0 Å². The zero-order valence-electron chi connectivity index (χ0n) is 9.08. The first kappa shape index (κ1) is 13.9. The number of nitrogens with one attached hydrogen (secondary N) is 1. The number of hydrogen-bond acceptors (Lipinski definition) is 3. The fourth-order valence-electron chi connectivity index (χ4n) is 1.05. The molecule has 0 radical (unpaired) electrons. The molecule has 90 valence electrons. The molecule has 0 saturated heterocycles. The van der Waals surface area contributed by atoms with Gasteiger partial charge in [0.15, 0.2) is 0 Å². The van der Waals surface area contributed by atoms with Crippen molar-refractivity contribution in [2.24, 2.45) is 0 Å². The van der Waals surface area contributed by atoms with Crippen LogP contribution in [-0.2, 0) is 10.0 Å². The Bertz CT molecular complexity index is 497. The summed E-state index contributed by atoms with van der Waals surface area (Å²) in [6, 6.07) is 1.42. The molecule has 4 nitrogen and oxygen atoms in total. The average molecular weight is 328 g/mol. The smallest absolute Gasteiger partial charge is 0.242 e. The lowest BCUT2D eigenvalue weighted by atomic mass is 10.1. The van der Waals surface area contributed by atoms with Gasteiger partial charge < -0.3 is 0 Å². The summed E-state index contributed by atoms with van der Waals surface area (Å²) in [4.78, 5) is 3.75. The zero-order valence-corrected chi connectivity index (χ0v) is 12.2. The molecule has 0 saturated carbocycles. The van der Waals surface area contributed by atoms with Crippen LogP contribution in [0.5, 0.6) is 0 Å². The van der Waals surface area contributed by atoms with Crippen molar-refractivity contribution in [2.75, 3.05) is 0 Å². The summed E-state index contributed by atoms with van der Waals surface area (Å²) in [6.45, 7) is 5.26. The van der Waals surface area contributed by atoms with Gasteiger partial charge >= 0.3 is 0 Å². The second-order valence-electron chi connectivity index (χ2n) is 4.30. The Morgan fingerprint density at radius 3 is 2.50 bits per heavy atom. The van der Waals surface area contributed by atoms with Gasteiger partial charge in [-0.3, -0.25) is 0 Å². The van der Waals surface area contributed by atoms with Gasteiger partial charge in [0, 0.05) is 16.2 Å². The first-order chi connectivity index (χ1) is 7.12. The Hall–Kier alpha value is -0.170. The predicted octanol–water partition coefficient (Wildman–Crippen LogP) is 2.57. The maximum Gasteiger partial charge on any atom is 0.244 e. The molecule has 0 aromatic carbocycles. The highest BCUT2D eigenvalue weighted by Gasteiger charge is 2.24. The molecular weight excluding hydrogens is 316 g/mol. The van der Waals surface area contributed by atoms with Crippen molar-refractivity contribution in [2.45, 2.75) is 31.2 Å². The zero-order chi connectivity index (χ0) is 12.6. The second-order valence-corrected chi connectivity index (χ2v) is 7.22. The van der Waals surface area contributed by atoms with Gasteiger partial charge in [0.25, 0.3) is 0 Å². The molecule has 0 atom stereocenters. The van der Waals surface area contributed by atoms with E-state index in [1.54, 1.807) is 20.8 Å². The number of nitrogens with zero attached hydrogens (tertiary/aromatic N) is 1. The number of pyridine rings is 1. The van der Waals surface area contributed by atoms with Crippen molar-refractivity contribution in [3.05, 3.63) is 21.9 Å². The van der Waals surface area contributed by atoms with Crippen LogP contribution < -0.4 is 4.72 Å². The summed E-state index contributed by atoms with van der Waals surface area (Å²) in [7, 11) is -3.65. The normalized spacial score (nSPS) is 12.8. The number of rotatable bonds is 2. The molecule has 1 aromatic heterocycles. The largest absolute Gasteiger partial charge is 0.244 e. The van der Waals surface area contributed by atoms with Crippen LogP contribution in [0.1, 0.15) is 20.8 Å². The van der Waals surface area contributed by atoms with Crippen molar-refractivity contribution in [3.63, 3.8) is 0 Å². The van der Waals surface area contributed by atoms with E-state index in [1.807, 2.05) is 0 Å². The van der Waals surface area contributed by atoms with Gasteiger partial charge in [-0.2, -0.15) is 0 Å². The molecule has 0 aliphatic heterocycles. The maximum absolute atomic E-state index is 12.0. The lowest BCUT2D eigenvalue weighted by molar-refractivity contribution is 0.491. The summed E-state index contributed by atoms with van der Waals surface area (Å²) in [5.41, 5.74) is -0.565. The minimum atomic E-state index is -3.65. The van der Waals surface area contributed by atoms with Crippen molar-refractivity contribution in [1.82, 2.24) is 9.71 Å². The minimum absolute atomic E-state index is 0.0292. The molecule has 1 rings (SSSR count). The molecule has 0 aliphatic carbocycles. The highest BCUT2D eigenvalue weighted by Crippen LogP contribution is 2.23. The van der Waals surface area contributed by atoms with Crippen molar-refractivity contribution >= 4 is 37.6 Å². The molecule has 1 heterocycles. The second kappa shape index (κ2) is 4.60. The van der Waals surface area contributed by atoms with E-state index in [0.29, 0.717) is 4.47 Å². The van der Waals surface area contributed by atoms with Gasteiger partial charge in [-0.25, -0.2) is 18.1 Å². The summed E-state index contributed by atoms with van der Waals surface area (Å²) in [5.74, 6) is 0. The monoisotopic (exact) mass is 326 g/mol. The molecule has 0 amide bonds. The van der Waals surface area contributed by atoms with Gasteiger partial charge in [-0.15, -0.1) is 0 Å². The Morgan fingerprint density at radius 2 is 2.00 bits per heavy atom. The van der Waals surface area contributed by atoms with Gasteiger partial charge in [0.2, 0.25) is 10.0 Å². The van der Waals surface area contributed by atoms with Gasteiger partial charge in [-0.1, -0.05) is 11.6 Å². The van der Waals surface area contributed by atoms with E-state index >= 15 is 0 Å². The lowest BCUT2D eigenvalue weighted by Crippen LogP contribution is -2.40. The third-order valence-electron chi connectivity index (χ3n) is 1.50. The number of sulfonamides is 1. The SMILES string of the molecule is CC(C)(C)NS(=O)(=O)c1cc(Br)cnc1Cl. The molecule has 0 fully saturated rings. The van der Waals surface area contributed by atoms with Gasteiger partial charge in [0.05, 0.1) is 0 Å². The van der Waals surface area contributed by atoms with Crippen LogP contribution in [0.3, 0.4) is 0 Å². The summed E-state index contributed by atoms with van der Waals surface area (Å²) < 4.78 is 27.0. The molecule has 0 aliphatic rings. The molecule has 1 N–H and O–H groups in total. The van der Waals surface area contributed by atoms with E-state index in [4.69, 9.17) is 11.6 Å². The van der Waals surface area contributed by atoms with Crippen LogP contribution >= 0.6 is 27.5 Å². The summed E-state index contributed by atoms with van der Waals surface area (Å²) in [6.07, 6.45) is 1.44. The number of halogens is 2. The van der Waals surface area contributed by atoms with E-state index in [2.05, 4.69) is 25.6 Å². The Balaban J connectivity index is 3.22. The Morgan fingerprint density at radius 1 is 1.44 bits per heavy atom. The number of aromatic nitrogens is 1. The molecule has 1 aromatic rings. The third kappa shape index (κ3) is 3.69. The van der Waals surface area contributed by atoms with Crippen LogP contribution in [0, 0.1) is 0 Å². The molecule has 0 spiro atoms. The van der Waals surface area contributed by atoms with Crippen LogP contribution in [0.15, 0.2) is 21.6 Å². The van der Waals surface area contributed by atoms with Crippen LogP contribution in [0.25, 0.3) is 0 Å². The fraction of sp³-hybridized carbons (Fsp3) is 0.444. The highest BCUT2D eigenvalue weighted by atomic mass is 79.9. The number of hydrogen-bond donors (Lipinski definition) is 1. The van der Waals surface area contributed by atoms with E-state index in [9.17, 15) is 8.42 Å². The molecular formula is C9H12BrClN2O2S. The standard InChI is InChI=1S/C9H12BrClN2O2S/c1-9(2,3)13-16(14,15)7-4-6(10)5-12-8(7)11/h4-5,13H,1-3H3. The van der Waals surface area contributed by atoms with Crippen LogP contribution in [-0.4, -0.2) is 18.9 Å². The predicted molar refractivity (Wildman–Crippen MR) is 67.0 cm³/mol. The molecule has 0 bridgehead atoms. The van der Waals surface area contributed by atoms with Crippen molar-refractivity contribution in [3.8, 4) is 0 Å². The highest BCUT2D eigenvalue weighted by molar-refractivity contribution is 9.10. The van der Waals surface area contributed by atoms with Gasteiger partial charge in [-0.05, 0) is 42.8 Å². The first-order valence-electron chi connectivity index (χ1n) is 4.47. The van der Waals surface area contributed by atoms with E-state index in [1.165, 1.54) is 12.3 Å². The topological polar surface area (TPSA) is 59.1 Å². The fourth-order valence-corrected chi connectivity index (χ4v) is 3.41.